The van der Waals surface area contributed by atoms with E-state index in [1.165, 1.54) is 0 Å². The lowest BCUT2D eigenvalue weighted by molar-refractivity contribution is -0.137. The number of hydrogen-bond acceptors (Lipinski definition) is 3. The lowest BCUT2D eigenvalue weighted by atomic mass is 10.00. The van der Waals surface area contributed by atoms with Gasteiger partial charge in [-0.25, -0.2) is 8.42 Å². The van der Waals surface area contributed by atoms with Crippen LogP contribution in [0.4, 0.5) is 18.9 Å². The van der Waals surface area contributed by atoms with Crippen molar-refractivity contribution < 1.29 is 26.4 Å². The first-order valence-corrected chi connectivity index (χ1v) is 10.7. The van der Waals surface area contributed by atoms with E-state index >= 15 is 0 Å². The van der Waals surface area contributed by atoms with E-state index in [0.717, 1.165) is 51.5 Å². The minimum Gasteiger partial charge on any atom is -0.348 e. The summed E-state index contributed by atoms with van der Waals surface area (Å²) in [7, 11) is -3.89. The fraction of sp³-hybridized carbons (Fsp3) is 0.350. The average molecular weight is 428 g/mol. The number of benzene rings is 2. The number of halogens is 3. The molecule has 0 aliphatic rings. The first-order chi connectivity index (χ1) is 13.3. The zero-order valence-electron chi connectivity index (χ0n) is 16.5. The average Bonchev–Trinajstić information content (AvgIpc) is 2.60. The minimum atomic E-state index is -4.53. The Morgan fingerprint density at radius 1 is 1.10 bits per heavy atom. The normalized spacial score (nSPS) is 13.1. The standard InChI is InChI=1S/C20H23F3N2O3S/c1-13-5-6-14(2)18(11-13)15(3)24-19(26)12-25(29(4,27)28)17-9-7-16(8-10-17)20(21,22)23/h5-11,15H,12H2,1-4H3,(H,24,26). The molecule has 1 atom stereocenters. The third-order valence-electron chi connectivity index (χ3n) is 4.45. The van der Waals surface area contributed by atoms with Crippen LogP contribution in [0.2, 0.25) is 0 Å². The van der Waals surface area contributed by atoms with Gasteiger partial charge >= 0.3 is 6.18 Å². The van der Waals surface area contributed by atoms with Crippen molar-refractivity contribution in [3.63, 3.8) is 0 Å². The van der Waals surface area contributed by atoms with Crippen LogP contribution in [-0.2, 0) is 21.0 Å². The number of alkyl halides is 3. The van der Waals surface area contributed by atoms with Crippen LogP contribution >= 0.6 is 0 Å². The van der Waals surface area contributed by atoms with Crippen LogP contribution in [0.3, 0.4) is 0 Å². The van der Waals surface area contributed by atoms with Crippen molar-refractivity contribution in [3.8, 4) is 0 Å². The molecule has 2 aromatic rings. The third kappa shape index (κ3) is 5.96. The van der Waals surface area contributed by atoms with Crippen molar-refractivity contribution in [2.75, 3.05) is 17.1 Å². The third-order valence-corrected chi connectivity index (χ3v) is 5.59. The molecule has 0 aliphatic heterocycles. The molecule has 2 aromatic carbocycles. The molecular formula is C20H23F3N2O3S. The number of carbonyl (C=O) groups is 1. The molecule has 0 spiro atoms. The highest BCUT2D eigenvalue weighted by molar-refractivity contribution is 7.92. The van der Waals surface area contributed by atoms with Crippen LogP contribution in [0, 0.1) is 13.8 Å². The summed E-state index contributed by atoms with van der Waals surface area (Å²) >= 11 is 0. The predicted molar refractivity (Wildman–Crippen MR) is 106 cm³/mol. The van der Waals surface area contributed by atoms with E-state index in [-0.39, 0.29) is 11.7 Å². The Hall–Kier alpha value is -2.55. The van der Waals surface area contributed by atoms with Crippen LogP contribution in [0.25, 0.3) is 0 Å². The van der Waals surface area contributed by atoms with Gasteiger partial charge in [-0.1, -0.05) is 23.8 Å². The molecule has 0 radical (unpaired) electrons. The highest BCUT2D eigenvalue weighted by Gasteiger charge is 2.31. The zero-order valence-corrected chi connectivity index (χ0v) is 17.4. The summed E-state index contributed by atoms with van der Waals surface area (Å²) in [4.78, 5) is 12.5. The molecular weight excluding hydrogens is 405 g/mol. The summed E-state index contributed by atoms with van der Waals surface area (Å²) in [5.74, 6) is -0.566. The van der Waals surface area contributed by atoms with Crippen molar-refractivity contribution in [2.24, 2.45) is 0 Å². The van der Waals surface area contributed by atoms with E-state index in [1.807, 2.05) is 32.0 Å². The summed E-state index contributed by atoms with van der Waals surface area (Å²) in [5.41, 5.74) is 1.98. The quantitative estimate of drug-likeness (QED) is 0.757. The SMILES string of the molecule is Cc1ccc(C)c(C(C)NC(=O)CN(c2ccc(C(F)(F)F)cc2)S(C)(=O)=O)c1. The lowest BCUT2D eigenvalue weighted by Crippen LogP contribution is -2.41. The Morgan fingerprint density at radius 2 is 1.69 bits per heavy atom. The first-order valence-electron chi connectivity index (χ1n) is 8.80. The molecule has 0 aromatic heterocycles. The van der Waals surface area contributed by atoms with Crippen LogP contribution in [0.5, 0.6) is 0 Å². The maximum absolute atomic E-state index is 12.7. The van der Waals surface area contributed by atoms with Gasteiger partial charge in [-0.05, 0) is 56.2 Å². The predicted octanol–water partition coefficient (Wildman–Crippen LogP) is 3.97. The molecule has 1 N–H and O–H groups in total. The molecule has 0 saturated heterocycles. The number of nitrogens with zero attached hydrogens (tertiary/aromatic N) is 1. The van der Waals surface area contributed by atoms with E-state index in [4.69, 9.17) is 0 Å². The van der Waals surface area contributed by atoms with Gasteiger partial charge in [-0.15, -0.1) is 0 Å². The molecule has 1 amide bonds. The second kappa shape index (κ2) is 8.44. The summed E-state index contributed by atoms with van der Waals surface area (Å²) in [5, 5.41) is 2.75. The fourth-order valence-corrected chi connectivity index (χ4v) is 3.79. The number of anilines is 1. The highest BCUT2D eigenvalue weighted by Crippen LogP contribution is 2.31. The van der Waals surface area contributed by atoms with Crippen molar-refractivity contribution in [1.29, 1.82) is 0 Å². The highest BCUT2D eigenvalue weighted by atomic mass is 32.2. The van der Waals surface area contributed by atoms with Gasteiger partial charge in [0.15, 0.2) is 0 Å². The van der Waals surface area contributed by atoms with Gasteiger partial charge in [0.2, 0.25) is 15.9 Å². The summed E-state index contributed by atoms with van der Waals surface area (Å²) in [6.45, 7) is 5.07. The van der Waals surface area contributed by atoms with Crippen molar-refractivity contribution in [2.45, 2.75) is 33.0 Å². The number of hydrogen-bond donors (Lipinski definition) is 1. The fourth-order valence-electron chi connectivity index (χ4n) is 2.94. The second-order valence-electron chi connectivity index (χ2n) is 6.96. The molecule has 5 nitrogen and oxygen atoms in total. The number of sulfonamides is 1. The second-order valence-corrected chi connectivity index (χ2v) is 8.87. The van der Waals surface area contributed by atoms with Crippen LogP contribution in [-0.4, -0.2) is 27.1 Å². The molecule has 1 unspecified atom stereocenters. The van der Waals surface area contributed by atoms with Crippen LogP contribution < -0.4 is 9.62 Å². The summed E-state index contributed by atoms with van der Waals surface area (Å²) in [6.07, 6.45) is -3.64. The van der Waals surface area contributed by atoms with Crippen LogP contribution in [0.1, 0.15) is 35.2 Å². The first kappa shape index (κ1) is 22.7. The van der Waals surface area contributed by atoms with E-state index in [9.17, 15) is 26.4 Å². The summed E-state index contributed by atoms with van der Waals surface area (Å²) < 4.78 is 63.2. The van der Waals surface area contributed by atoms with Gasteiger partial charge in [0.05, 0.1) is 23.5 Å². The Balaban J connectivity index is 2.20. The molecule has 158 valence electrons. The molecule has 0 bridgehead atoms. The Morgan fingerprint density at radius 3 is 2.21 bits per heavy atom. The molecule has 2 rings (SSSR count). The van der Waals surface area contributed by atoms with Gasteiger partial charge in [-0.2, -0.15) is 13.2 Å². The van der Waals surface area contributed by atoms with Gasteiger partial charge in [-0.3, -0.25) is 9.10 Å². The number of carbonyl (C=O) groups excluding carboxylic acids is 1. The molecule has 0 heterocycles. The van der Waals surface area contributed by atoms with Gasteiger partial charge in [0, 0.05) is 0 Å². The number of nitrogens with one attached hydrogen (secondary N) is 1. The van der Waals surface area contributed by atoms with Crippen molar-refractivity contribution in [3.05, 3.63) is 64.7 Å². The molecule has 0 fully saturated rings. The maximum Gasteiger partial charge on any atom is 0.416 e. The van der Waals surface area contributed by atoms with E-state index in [2.05, 4.69) is 5.32 Å². The van der Waals surface area contributed by atoms with E-state index < -0.39 is 34.2 Å². The van der Waals surface area contributed by atoms with E-state index in [0.29, 0.717) is 0 Å². The Kier molecular flexibility index (Phi) is 6.62. The number of rotatable bonds is 6. The van der Waals surface area contributed by atoms with Gasteiger partial charge < -0.3 is 5.32 Å². The number of aryl methyl sites for hydroxylation is 2. The monoisotopic (exact) mass is 428 g/mol. The largest absolute Gasteiger partial charge is 0.416 e. The van der Waals surface area contributed by atoms with E-state index in [1.54, 1.807) is 6.92 Å². The minimum absolute atomic E-state index is 0.0185. The lowest BCUT2D eigenvalue weighted by Gasteiger charge is -2.24. The van der Waals surface area contributed by atoms with Gasteiger partial charge in [0.25, 0.3) is 0 Å². The molecule has 0 aliphatic carbocycles. The van der Waals surface area contributed by atoms with Gasteiger partial charge in [0.1, 0.15) is 6.54 Å². The van der Waals surface area contributed by atoms with Crippen molar-refractivity contribution >= 4 is 21.6 Å². The summed E-state index contributed by atoms with van der Waals surface area (Å²) in [6, 6.07) is 9.08. The Labute approximate surface area is 168 Å². The topological polar surface area (TPSA) is 66.5 Å². The number of amides is 1. The van der Waals surface area contributed by atoms with Crippen LogP contribution in [0.15, 0.2) is 42.5 Å². The molecule has 9 heteroatoms. The maximum atomic E-state index is 12.7. The smallest absolute Gasteiger partial charge is 0.348 e. The van der Waals surface area contributed by atoms with Crippen molar-refractivity contribution in [1.82, 2.24) is 5.32 Å². The molecule has 0 saturated carbocycles. The zero-order chi connectivity index (χ0) is 22.0. The molecule has 29 heavy (non-hydrogen) atoms. The Bertz CT molecular complexity index is 987.